The van der Waals surface area contributed by atoms with Crippen LogP contribution in [0.25, 0.3) is 22.0 Å². The van der Waals surface area contributed by atoms with Gasteiger partial charge < -0.3 is 10.5 Å². The fourth-order valence-corrected chi connectivity index (χ4v) is 2.25. The summed E-state index contributed by atoms with van der Waals surface area (Å²) in [4.78, 5) is 4.29. The number of anilines is 1. The Morgan fingerprint density at radius 2 is 1.64 bits per heavy atom. The Labute approximate surface area is 124 Å². The fraction of sp³-hybridized carbons (Fsp3) is 0.0625. The van der Waals surface area contributed by atoms with Gasteiger partial charge >= 0.3 is 6.36 Å². The van der Waals surface area contributed by atoms with E-state index in [4.69, 9.17) is 5.73 Å². The summed E-state index contributed by atoms with van der Waals surface area (Å²) in [6.45, 7) is 0. The minimum atomic E-state index is -4.70. The van der Waals surface area contributed by atoms with Gasteiger partial charge in [0.1, 0.15) is 11.6 Å². The van der Waals surface area contributed by atoms with Crippen LogP contribution in [0.2, 0.25) is 0 Å². The van der Waals surface area contributed by atoms with Crippen LogP contribution >= 0.6 is 0 Å². The molecule has 3 nitrogen and oxygen atoms in total. The molecule has 0 radical (unpaired) electrons. The SMILES string of the molecule is Nc1cc2ccccc2c(-c2ccc(OC(F)(F)F)cc2)n1. The zero-order valence-electron chi connectivity index (χ0n) is 11.3. The topological polar surface area (TPSA) is 48.1 Å². The maximum Gasteiger partial charge on any atom is 0.573 e. The highest BCUT2D eigenvalue weighted by Gasteiger charge is 2.31. The minimum absolute atomic E-state index is 0.274. The number of rotatable bonds is 2. The highest BCUT2D eigenvalue weighted by molar-refractivity contribution is 5.96. The second-order valence-corrected chi connectivity index (χ2v) is 4.69. The van der Waals surface area contributed by atoms with Crippen molar-refractivity contribution in [2.75, 3.05) is 5.73 Å². The van der Waals surface area contributed by atoms with Crippen LogP contribution in [0.3, 0.4) is 0 Å². The molecule has 2 N–H and O–H groups in total. The highest BCUT2D eigenvalue weighted by Crippen LogP contribution is 2.30. The van der Waals surface area contributed by atoms with Crippen molar-refractivity contribution >= 4 is 16.6 Å². The van der Waals surface area contributed by atoms with Gasteiger partial charge in [-0.15, -0.1) is 13.2 Å². The number of aromatic nitrogens is 1. The summed E-state index contributed by atoms with van der Waals surface area (Å²) in [6.07, 6.45) is -4.70. The lowest BCUT2D eigenvalue weighted by molar-refractivity contribution is -0.274. The lowest BCUT2D eigenvalue weighted by atomic mass is 10.0. The second kappa shape index (κ2) is 5.22. The van der Waals surface area contributed by atoms with Crippen molar-refractivity contribution < 1.29 is 17.9 Å². The van der Waals surface area contributed by atoms with E-state index in [1.165, 1.54) is 24.3 Å². The molecule has 0 unspecified atom stereocenters. The number of hydrogen-bond donors (Lipinski definition) is 1. The summed E-state index contributed by atoms with van der Waals surface area (Å²) in [5.41, 5.74) is 7.08. The summed E-state index contributed by atoms with van der Waals surface area (Å²) < 4.78 is 40.4. The summed E-state index contributed by atoms with van der Waals surface area (Å²) in [6, 6.07) is 14.8. The van der Waals surface area contributed by atoms with E-state index in [9.17, 15) is 13.2 Å². The Balaban J connectivity index is 2.04. The maximum absolute atomic E-state index is 12.2. The number of benzene rings is 2. The number of halogens is 3. The molecule has 0 aliphatic rings. The predicted molar refractivity (Wildman–Crippen MR) is 78.3 cm³/mol. The van der Waals surface area contributed by atoms with E-state index in [2.05, 4.69) is 9.72 Å². The molecule has 0 aliphatic heterocycles. The van der Waals surface area contributed by atoms with Crippen molar-refractivity contribution in [1.82, 2.24) is 4.98 Å². The van der Waals surface area contributed by atoms with E-state index in [1.54, 1.807) is 6.07 Å². The second-order valence-electron chi connectivity index (χ2n) is 4.69. The van der Waals surface area contributed by atoms with Crippen LogP contribution in [-0.2, 0) is 0 Å². The van der Waals surface area contributed by atoms with E-state index in [0.717, 1.165) is 10.8 Å². The Hall–Kier alpha value is -2.76. The van der Waals surface area contributed by atoms with Gasteiger partial charge in [-0.2, -0.15) is 0 Å². The molecule has 0 aliphatic carbocycles. The molecule has 0 atom stereocenters. The van der Waals surface area contributed by atoms with Gasteiger partial charge in [0.05, 0.1) is 5.69 Å². The third-order valence-corrected chi connectivity index (χ3v) is 3.12. The van der Waals surface area contributed by atoms with Crippen LogP contribution in [0.1, 0.15) is 0 Å². The molecule has 6 heteroatoms. The minimum Gasteiger partial charge on any atom is -0.406 e. The summed E-state index contributed by atoms with van der Waals surface area (Å²) in [7, 11) is 0. The summed E-state index contributed by atoms with van der Waals surface area (Å²) in [5.74, 6) is 0.0776. The maximum atomic E-state index is 12.2. The number of alkyl halides is 3. The number of nitrogens with two attached hydrogens (primary N) is 1. The number of fused-ring (bicyclic) bond motifs is 1. The third kappa shape index (κ3) is 2.95. The average Bonchev–Trinajstić information content (AvgIpc) is 2.45. The van der Waals surface area contributed by atoms with E-state index < -0.39 is 6.36 Å². The van der Waals surface area contributed by atoms with Crippen LogP contribution in [0.5, 0.6) is 5.75 Å². The zero-order valence-corrected chi connectivity index (χ0v) is 11.3. The monoisotopic (exact) mass is 304 g/mol. The van der Waals surface area contributed by atoms with Crippen molar-refractivity contribution in [1.29, 1.82) is 0 Å². The molecule has 0 fully saturated rings. The third-order valence-electron chi connectivity index (χ3n) is 3.12. The zero-order chi connectivity index (χ0) is 15.7. The van der Waals surface area contributed by atoms with E-state index in [1.807, 2.05) is 24.3 Å². The molecular weight excluding hydrogens is 293 g/mol. The molecule has 0 saturated heterocycles. The molecular formula is C16H11F3N2O. The lowest BCUT2D eigenvalue weighted by Crippen LogP contribution is -2.16. The Morgan fingerprint density at radius 1 is 0.955 bits per heavy atom. The molecule has 3 aromatic rings. The molecule has 0 amide bonds. The van der Waals surface area contributed by atoms with Gasteiger partial charge in [0, 0.05) is 10.9 Å². The van der Waals surface area contributed by atoms with Crippen molar-refractivity contribution in [2.45, 2.75) is 6.36 Å². The van der Waals surface area contributed by atoms with Crippen LogP contribution in [0.15, 0.2) is 54.6 Å². The van der Waals surface area contributed by atoms with Crippen LogP contribution in [-0.4, -0.2) is 11.3 Å². The first kappa shape index (κ1) is 14.2. The molecule has 0 saturated carbocycles. The normalized spacial score (nSPS) is 11.6. The number of hydrogen-bond acceptors (Lipinski definition) is 3. The Morgan fingerprint density at radius 3 is 2.32 bits per heavy atom. The molecule has 1 heterocycles. The predicted octanol–water partition coefficient (Wildman–Crippen LogP) is 4.38. The number of nitrogens with zero attached hydrogens (tertiary/aromatic N) is 1. The van der Waals surface area contributed by atoms with E-state index >= 15 is 0 Å². The first-order chi connectivity index (χ1) is 10.4. The molecule has 22 heavy (non-hydrogen) atoms. The van der Waals surface area contributed by atoms with Crippen molar-refractivity contribution in [3.8, 4) is 17.0 Å². The quantitative estimate of drug-likeness (QED) is 0.764. The fourth-order valence-electron chi connectivity index (χ4n) is 2.25. The summed E-state index contributed by atoms with van der Waals surface area (Å²) >= 11 is 0. The van der Waals surface area contributed by atoms with Gasteiger partial charge in [0.2, 0.25) is 0 Å². The first-order valence-corrected chi connectivity index (χ1v) is 6.44. The van der Waals surface area contributed by atoms with Gasteiger partial charge in [0.25, 0.3) is 0 Å². The van der Waals surface area contributed by atoms with E-state index in [-0.39, 0.29) is 5.75 Å². The van der Waals surface area contributed by atoms with Crippen molar-refractivity contribution in [2.24, 2.45) is 0 Å². The summed E-state index contributed by atoms with van der Waals surface area (Å²) in [5, 5.41) is 1.79. The Kier molecular flexibility index (Phi) is 3.36. The van der Waals surface area contributed by atoms with Gasteiger partial charge in [-0.3, -0.25) is 0 Å². The molecule has 2 aromatic carbocycles. The standard InChI is InChI=1S/C16H11F3N2O/c17-16(18,19)22-12-7-5-10(6-8-12)15-13-4-2-1-3-11(13)9-14(20)21-15/h1-9H,(H2,20,21). The largest absolute Gasteiger partial charge is 0.573 e. The number of pyridine rings is 1. The number of ether oxygens (including phenoxy) is 1. The molecule has 0 spiro atoms. The van der Waals surface area contributed by atoms with Gasteiger partial charge in [-0.25, -0.2) is 4.98 Å². The molecule has 3 rings (SSSR count). The van der Waals surface area contributed by atoms with Crippen LogP contribution < -0.4 is 10.5 Å². The van der Waals surface area contributed by atoms with Gasteiger partial charge in [-0.1, -0.05) is 24.3 Å². The molecule has 112 valence electrons. The Bertz CT molecular complexity index is 814. The average molecular weight is 304 g/mol. The number of nitrogen functional groups attached to an aromatic ring is 1. The van der Waals surface area contributed by atoms with E-state index in [0.29, 0.717) is 17.1 Å². The van der Waals surface area contributed by atoms with Crippen molar-refractivity contribution in [3.05, 3.63) is 54.6 Å². The lowest BCUT2D eigenvalue weighted by Gasteiger charge is -2.10. The molecule has 1 aromatic heterocycles. The van der Waals surface area contributed by atoms with Crippen LogP contribution in [0, 0.1) is 0 Å². The van der Waals surface area contributed by atoms with Gasteiger partial charge in [0.15, 0.2) is 0 Å². The smallest absolute Gasteiger partial charge is 0.406 e. The van der Waals surface area contributed by atoms with Crippen molar-refractivity contribution in [3.63, 3.8) is 0 Å². The highest BCUT2D eigenvalue weighted by atomic mass is 19.4. The van der Waals surface area contributed by atoms with Gasteiger partial charge in [-0.05, 0) is 35.7 Å². The first-order valence-electron chi connectivity index (χ1n) is 6.44. The van der Waals surface area contributed by atoms with Crippen LogP contribution in [0.4, 0.5) is 19.0 Å². The molecule has 0 bridgehead atoms.